The van der Waals surface area contributed by atoms with Crippen molar-refractivity contribution in [3.63, 3.8) is 0 Å². The summed E-state index contributed by atoms with van der Waals surface area (Å²) < 4.78 is 4.85. The van der Waals surface area contributed by atoms with Crippen LogP contribution >= 0.6 is 0 Å². The van der Waals surface area contributed by atoms with Crippen LogP contribution in [-0.2, 0) is 14.3 Å². The van der Waals surface area contributed by atoms with Crippen LogP contribution in [-0.4, -0.2) is 23.3 Å². The number of nitro benzene ring substituents is 1. The number of nitrogens with zero attached hydrogens (tertiary/aromatic N) is 2. The van der Waals surface area contributed by atoms with Crippen LogP contribution in [0.3, 0.4) is 0 Å². The lowest BCUT2D eigenvalue weighted by molar-refractivity contribution is -0.384. The molecule has 0 N–H and O–H groups in total. The van der Waals surface area contributed by atoms with Crippen LogP contribution in [0.25, 0.3) is 0 Å². The van der Waals surface area contributed by atoms with Gasteiger partial charge in [-0.15, -0.1) is 0 Å². The van der Waals surface area contributed by atoms with Crippen molar-refractivity contribution in [2.45, 2.75) is 25.7 Å². The molecule has 1 aromatic rings. The molecule has 7 heteroatoms. The molecule has 0 amide bonds. The Morgan fingerprint density at radius 3 is 2.48 bits per heavy atom. The fourth-order valence-corrected chi connectivity index (χ4v) is 1.68. The highest BCUT2D eigenvalue weighted by Gasteiger charge is 2.14. The highest BCUT2D eigenvalue weighted by atomic mass is 16.6. The summed E-state index contributed by atoms with van der Waals surface area (Å²) in [5.74, 6) is -1.44. The van der Waals surface area contributed by atoms with Crippen molar-refractivity contribution in [3.8, 4) is 6.07 Å². The first kappa shape index (κ1) is 16.3. The number of nitro groups is 1. The number of ketones is 1. The molecule has 1 aromatic carbocycles. The molecular weight excluding hydrogens is 276 g/mol. The molecule has 0 aliphatic carbocycles. The minimum atomic E-state index is -0.622. The number of benzene rings is 1. The summed E-state index contributed by atoms with van der Waals surface area (Å²) in [5.41, 5.74) is 0.564. The Morgan fingerprint density at radius 1 is 1.38 bits per heavy atom. The van der Waals surface area contributed by atoms with Crippen LogP contribution in [0.2, 0.25) is 0 Å². The monoisotopic (exact) mass is 290 g/mol. The average molecular weight is 290 g/mol. The highest BCUT2D eigenvalue weighted by Crippen LogP contribution is 2.21. The summed E-state index contributed by atoms with van der Waals surface area (Å²) >= 11 is 0. The van der Waals surface area contributed by atoms with Crippen molar-refractivity contribution in [3.05, 3.63) is 39.9 Å². The van der Waals surface area contributed by atoms with Gasteiger partial charge < -0.3 is 4.74 Å². The van der Waals surface area contributed by atoms with Crippen LogP contribution in [0.4, 0.5) is 5.69 Å². The van der Waals surface area contributed by atoms with Crippen LogP contribution in [0.1, 0.15) is 31.2 Å². The predicted octanol–water partition coefficient (Wildman–Crippen LogP) is 2.11. The van der Waals surface area contributed by atoms with E-state index in [-0.39, 0.29) is 30.9 Å². The molecule has 0 heterocycles. The fourth-order valence-electron chi connectivity index (χ4n) is 1.68. The molecule has 0 saturated heterocycles. The van der Waals surface area contributed by atoms with Gasteiger partial charge >= 0.3 is 5.97 Å². The summed E-state index contributed by atoms with van der Waals surface area (Å²) in [5, 5.41) is 19.6. The van der Waals surface area contributed by atoms with E-state index in [0.29, 0.717) is 5.56 Å². The van der Waals surface area contributed by atoms with Gasteiger partial charge in [0.05, 0.1) is 23.5 Å². The average Bonchev–Trinajstić information content (AvgIpc) is 2.43. The molecule has 7 nitrogen and oxygen atoms in total. The van der Waals surface area contributed by atoms with Crippen molar-refractivity contribution in [2.75, 3.05) is 6.61 Å². The Bertz CT molecular complexity index is 574. The molecule has 0 aromatic heterocycles. The Balaban J connectivity index is 2.55. The van der Waals surface area contributed by atoms with Gasteiger partial charge in [-0.25, -0.2) is 0 Å². The van der Waals surface area contributed by atoms with E-state index in [4.69, 9.17) is 10.00 Å². The largest absolute Gasteiger partial charge is 0.465 e. The zero-order chi connectivity index (χ0) is 15.8. The zero-order valence-corrected chi connectivity index (χ0v) is 11.4. The number of rotatable bonds is 7. The number of Topliss-reactive ketones (excluding diaryl/α,β-unsaturated/α-hetero) is 1. The highest BCUT2D eigenvalue weighted by molar-refractivity contribution is 5.94. The summed E-state index contributed by atoms with van der Waals surface area (Å²) in [6.07, 6.45) is -0.0211. The SMILES string of the molecule is CC(=O)CC(=O)OCCC(C#N)c1ccc([N+](=O)[O-])cc1. The van der Waals surface area contributed by atoms with Crippen LogP contribution in [0.15, 0.2) is 24.3 Å². The maximum absolute atomic E-state index is 11.2. The van der Waals surface area contributed by atoms with E-state index in [1.165, 1.54) is 31.2 Å². The van der Waals surface area contributed by atoms with Gasteiger partial charge in [-0.05, 0) is 12.5 Å². The van der Waals surface area contributed by atoms with Gasteiger partial charge in [-0.2, -0.15) is 5.26 Å². The van der Waals surface area contributed by atoms with E-state index in [1.807, 2.05) is 0 Å². The Hall–Kier alpha value is -2.75. The second-order valence-corrected chi connectivity index (χ2v) is 4.42. The smallest absolute Gasteiger partial charge is 0.313 e. The summed E-state index contributed by atoms with van der Waals surface area (Å²) in [7, 11) is 0. The second kappa shape index (κ2) is 7.75. The van der Waals surface area contributed by atoms with Gasteiger partial charge in [0.15, 0.2) is 0 Å². The lowest BCUT2D eigenvalue weighted by atomic mass is 9.97. The van der Waals surface area contributed by atoms with Crippen molar-refractivity contribution in [1.82, 2.24) is 0 Å². The molecule has 1 unspecified atom stereocenters. The molecule has 1 atom stereocenters. The minimum Gasteiger partial charge on any atom is -0.465 e. The van der Waals surface area contributed by atoms with E-state index in [2.05, 4.69) is 6.07 Å². The number of nitriles is 1. The molecule has 110 valence electrons. The second-order valence-electron chi connectivity index (χ2n) is 4.42. The van der Waals surface area contributed by atoms with E-state index in [9.17, 15) is 19.7 Å². The molecule has 0 aliphatic rings. The maximum Gasteiger partial charge on any atom is 0.313 e. The zero-order valence-electron chi connectivity index (χ0n) is 11.4. The number of hydrogen-bond acceptors (Lipinski definition) is 6. The van der Waals surface area contributed by atoms with Crippen molar-refractivity contribution in [1.29, 1.82) is 5.26 Å². The lowest BCUT2D eigenvalue weighted by Crippen LogP contribution is -2.11. The molecular formula is C14H14N2O5. The quantitative estimate of drug-likeness (QED) is 0.329. The number of ether oxygens (including phenoxy) is 1. The standard InChI is InChI=1S/C14H14N2O5/c1-10(17)8-14(18)21-7-6-12(9-15)11-2-4-13(5-3-11)16(19)20/h2-5,12H,6-8H2,1H3. The molecule has 1 rings (SSSR count). The molecule has 0 spiro atoms. The first-order valence-electron chi connectivity index (χ1n) is 6.23. The first-order chi connectivity index (χ1) is 9.93. The van der Waals surface area contributed by atoms with Crippen molar-refractivity contribution >= 4 is 17.4 Å². The third-order valence-corrected chi connectivity index (χ3v) is 2.72. The number of carbonyl (C=O) groups is 2. The molecule has 0 saturated carbocycles. The number of non-ortho nitro benzene ring substituents is 1. The van der Waals surface area contributed by atoms with Gasteiger partial charge in [0.25, 0.3) is 5.69 Å². The third kappa shape index (κ3) is 5.40. The van der Waals surface area contributed by atoms with Gasteiger partial charge in [0.1, 0.15) is 12.2 Å². The molecule has 21 heavy (non-hydrogen) atoms. The molecule has 0 fully saturated rings. The normalized spacial score (nSPS) is 11.2. The number of esters is 1. The van der Waals surface area contributed by atoms with Crippen molar-refractivity contribution in [2.24, 2.45) is 0 Å². The van der Waals surface area contributed by atoms with Gasteiger partial charge in [0, 0.05) is 18.6 Å². The summed E-state index contributed by atoms with van der Waals surface area (Å²) in [6, 6.07) is 7.70. The van der Waals surface area contributed by atoms with Crippen molar-refractivity contribution < 1.29 is 19.2 Å². The lowest BCUT2D eigenvalue weighted by Gasteiger charge is -2.09. The Kier molecular flexibility index (Phi) is 6.01. The fraction of sp³-hybridized carbons (Fsp3) is 0.357. The first-order valence-corrected chi connectivity index (χ1v) is 6.23. The topological polar surface area (TPSA) is 110 Å². The molecule has 0 radical (unpaired) electrons. The third-order valence-electron chi connectivity index (χ3n) is 2.72. The van der Waals surface area contributed by atoms with Crippen LogP contribution in [0.5, 0.6) is 0 Å². The Morgan fingerprint density at radius 2 is 2.00 bits per heavy atom. The van der Waals surface area contributed by atoms with E-state index < -0.39 is 16.8 Å². The molecule has 0 aliphatic heterocycles. The van der Waals surface area contributed by atoms with Crippen LogP contribution < -0.4 is 0 Å². The van der Waals surface area contributed by atoms with Gasteiger partial charge in [-0.3, -0.25) is 19.7 Å². The Labute approximate surface area is 121 Å². The number of carbonyl (C=O) groups excluding carboxylic acids is 2. The van der Waals surface area contributed by atoms with Gasteiger partial charge in [0.2, 0.25) is 0 Å². The van der Waals surface area contributed by atoms with E-state index in [0.717, 1.165) is 0 Å². The summed E-state index contributed by atoms with van der Waals surface area (Å²) in [6.45, 7) is 1.30. The van der Waals surface area contributed by atoms with Crippen LogP contribution in [0, 0.1) is 21.4 Å². The molecule has 0 bridgehead atoms. The predicted molar refractivity (Wildman–Crippen MR) is 72.3 cm³/mol. The van der Waals surface area contributed by atoms with Gasteiger partial charge in [-0.1, -0.05) is 12.1 Å². The van der Waals surface area contributed by atoms with E-state index in [1.54, 1.807) is 0 Å². The van der Waals surface area contributed by atoms with E-state index >= 15 is 0 Å². The number of hydrogen-bond donors (Lipinski definition) is 0. The minimum absolute atomic E-state index is 0.0152. The maximum atomic E-state index is 11.2. The summed E-state index contributed by atoms with van der Waals surface area (Å²) in [4.78, 5) is 31.9.